The Hall–Kier alpha value is -2.14. The second-order valence-electron chi connectivity index (χ2n) is 7.15. The van der Waals surface area contributed by atoms with E-state index < -0.39 is 0 Å². The molecule has 1 saturated heterocycles. The fraction of sp³-hybridized carbons (Fsp3) is 0.217. The second-order valence-corrected chi connectivity index (χ2v) is 8.07. The van der Waals surface area contributed by atoms with Crippen molar-refractivity contribution in [1.82, 2.24) is 10.4 Å². The van der Waals surface area contributed by atoms with E-state index in [9.17, 15) is 0 Å². The molecule has 0 radical (unpaired) electrons. The zero-order valence-electron chi connectivity index (χ0n) is 15.4. The second kappa shape index (κ2) is 8.26. The number of rotatable bonds is 5. The van der Waals surface area contributed by atoms with E-state index in [1.54, 1.807) is 4.90 Å². The van der Waals surface area contributed by atoms with Crippen LogP contribution in [0.25, 0.3) is 16.5 Å². The Labute approximate surface area is 169 Å². The first-order chi connectivity index (χ1) is 13.2. The van der Waals surface area contributed by atoms with Crippen LogP contribution < -0.4 is 10.3 Å². The summed E-state index contributed by atoms with van der Waals surface area (Å²) in [5, 5.41) is 5.01. The van der Waals surface area contributed by atoms with Crippen molar-refractivity contribution >= 4 is 32.4 Å². The van der Waals surface area contributed by atoms with Crippen LogP contribution in [0.5, 0.6) is 0 Å². The van der Waals surface area contributed by atoms with E-state index in [2.05, 4.69) is 87.5 Å². The van der Waals surface area contributed by atoms with Crippen LogP contribution in [0.15, 0.2) is 77.8 Å². The highest BCUT2D eigenvalue weighted by atomic mass is 79.9. The lowest BCUT2D eigenvalue weighted by Crippen LogP contribution is -3.13. The van der Waals surface area contributed by atoms with Crippen molar-refractivity contribution in [1.29, 1.82) is 0 Å². The third-order valence-electron chi connectivity index (χ3n) is 5.26. The van der Waals surface area contributed by atoms with Gasteiger partial charge in [-0.3, -0.25) is 0 Å². The lowest BCUT2D eigenvalue weighted by Gasteiger charge is -2.33. The van der Waals surface area contributed by atoms with Crippen molar-refractivity contribution in [3.05, 3.63) is 88.9 Å². The van der Waals surface area contributed by atoms with Gasteiger partial charge in [-0.1, -0.05) is 77.1 Å². The van der Waals surface area contributed by atoms with E-state index in [0.717, 1.165) is 48.5 Å². The van der Waals surface area contributed by atoms with Gasteiger partial charge in [-0.05, 0) is 28.5 Å². The van der Waals surface area contributed by atoms with Gasteiger partial charge in [0.05, 0.1) is 26.2 Å². The average molecular weight is 423 g/mol. The molecule has 1 fully saturated rings. The Balaban J connectivity index is 1.34. The highest BCUT2D eigenvalue weighted by Gasteiger charge is 2.21. The van der Waals surface area contributed by atoms with Gasteiger partial charge in [-0.2, -0.15) is 0 Å². The van der Waals surface area contributed by atoms with E-state index >= 15 is 0 Å². The number of quaternary nitrogens is 1. The molecule has 0 bridgehead atoms. The summed E-state index contributed by atoms with van der Waals surface area (Å²) in [6, 6.07) is 23.6. The zero-order valence-corrected chi connectivity index (χ0v) is 17.0. The number of hydrogen-bond acceptors (Lipinski definition) is 2. The molecule has 0 aromatic heterocycles. The summed E-state index contributed by atoms with van der Waals surface area (Å²) in [7, 11) is 0. The molecule has 0 saturated carbocycles. The average Bonchev–Trinajstić information content (AvgIpc) is 2.70. The van der Waals surface area contributed by atoms with Gasteiger partial charge in [0.2, 0.25) is 0 Å². The van der Waals surface area contributed by atoms with E-state index in [-0.39, 0.29) is 0 Å². The van der Waals surface area contributed by atoms with Gasteiger partial charge >= 0.3 is 0 Å². The van der Waals surface area contributed by atoms with Gasteiger partial charge < -0.3 is 10.3 Å². The molecule has 138 valence electrons. The number of hydrazine groups is 1. The van der Waals surface area contributed by atoms with Crippen LogP contribution in [0.4, 0.5) is 0 Å². The molecule has 0 atom stereocenters. The first kappa shape index (κ1) is 18.2. The largest absolute Gasteiger partial charge is 0.329 e. The highest BCUT2D eigenvalue weighted by molar-refractivity contribution is 9.10. The fourth-order valence-electron chi connectivity index (χ4n) is 3.76. The molecule has 27 heavy (non-hydrogen) atoms. The Morgan fingerprint density at radius 1 is 1.00 bits per heavy atom. The van der Waals surface area contributed by atoms with Crippen LogP contribution in [0.2, 0.25) is 0 Å². The number of benzene rings is 3. The number of piperazine rings is 1. The summed E-state index contributed by atoms with van der Waals surface area (Å²) in [5.74, 6) is 0. The predicted molar refractivity (Wildman–Crippen MR) is 116 cm³/mol. The standard InChI is InChI=1S/C23H24BrN3/c1-18(20-8-5-10-22(24)16-20)25-27-14-12-26(13-15-27)17-21-9-4-7-19-6-2-3-11-23(19)21/h2-11,16,25H,1,12-15,17H2/p+1. The van der Waals surface area contributed by atoms with Crippen LogP contribution in [0.3, 0.4) is 0 Å². The molecule has 0 spiro atoms. The predicted octanol–water partition coefficient (Wildman–Crippen LogP) is 3.48. The molecular weight excluding hydrogens is 398 g/mol. The van der Waals surface area contributed by atoms with Gasteiger partial charge in [0.25, 0.3) is 0 Å². The maximum Gasteiger partial charge on any atom is 0.103 e. The zero-order chi connectivity index (χ0) is 18.6. The van der Waals surface area contributed by atoms with Crippen molar-refractivity contribution in [3.63, 3.8) is 0 Å². The normalized spacial score (nSPS) is 15.7. The van der Waals surface area contributed by atoms with Gasteiger partial charge in [-0.25, -0.2) is 5.01 Å². The Bertz CT molecular complexity index is 940. The van der Waals surface area contributed by atoms with Crippen LogP contribution in [-0.2, 0) is 6.54 Å². The van der Waals surface area contributed by atoms with E-state index in [0.29, 0.717) is 0 Å². The first-order valence-corrected chi connectivity index (χ1v) is 10.2. The van der Waals surface area contributed by atoms with Gasteiger partial charge in [0, 0.05) is 15.7 Å². The van der Waals surface area contributed by atoms with Crippen LogP contribution in [0.1, 0.15) is 11.1 Å². The Morgan fingerprint density at radius 2 is 1.74 bits per heavy atom. The molecule has 0 unspecified atom stereocenters. The molecular formula is C23H25BrN3+. The summed E-state index contributed by atoms with van der Waals surface area (Å²) >= 11 is 3.53. The summed E-state index contributed by atoms with van der Waals surface area (Å²) in [6.45, 7) is 9.58. The van der Waals surface area contributed by atoms with Crippen molar-refractivity contribution in [2.75, 3.05) is 26.2 Å². The van der Waals surface area contributed by atoms with Crippen molar-refractivity contribution < 1.29 is 4.90 Å². The number of nitrogens with one attached hydrogen (secondary N) is 2. The number of nitrogens with zero attached hydrogens (tertiary/aromatic N) is 1. The highest BCUT2D eigenvalue weighted by Crippen LogP contribution is 2.18. The van der Waals surface area contributed by atoms with E-state index in [1.165, 1.54) is 16.3 Å². The number of hydrogen-bond donors (Lipinski definition) is 2. The quantitative estimate of drug-likeness (QED) is 0.655. The van der Waals surface area contributed by atoms with Gasteiger partial charge in [0.15, 0.2) is 0 Å². The van der Waals surface area contributed by atoms with Crippen LogP contribution in [0, 0.1) is 0 Å². The van der Waals surface area contributed by atoms with Crippen molar-refractivity contribution in [2.45, 2.75) is 6.54 Å². The molecule has 0 aliphatic carbocycles. The van der Waals surface area contributed by atoms with Crippen LogP contribution in [-0.4, -0.2) is 31.2 Å². The molecule has 0 amide bonds. The monoisotopic (exact) mass is 422 g/mol. The molecule has 1 aliphatic heterocycles. The first-order valence-electron chi connectivity index (χ1n) is 9.46. The summed E-state index contributed by atoms with van der Waals surface area (Å²) < 4.78 is 1.08. The number of fused-ring (bicyclic) bond motifs is 1. The topological polar surface area (TPSA) is 19.7 Å². The fourth-order valence-corrected chi connectivity index (χ4v) is 4.16. The minimum Gasteiger partial charge on any atom is -0.329 e. The lowest BCUT2D eigenvalue weighted by atomic mass is 10.0. The smallest absolute Gasteiger partial charge is 0.103 e. The maximum absolute atomic E-state index is 4.20. The summed E-state index contributed by atoms with van der Waals surface area (Å²) in [5.41, 5.74) is 7.00. The molecule has 4 heteroatoms. The maximum atomic E-state index is 4.20. The number of halogens is 1. The molecule has 3 nitrogen and oxygen atoms in total. The van der Waals surface area contributed by atoms with Gasteiger partial charge in [0.1, 0.15) is 6.54 Å². The molecule has 2 N–H and O–H groups in total. The summed E-state index contributed by atoms with van der Waals surface area (Å²) in [4.78, 5) is 1.64. The van der Waals surface area contributed by atoms with Crippen molar-refractivity contribution in [2.24, 2.45) is 0 Å². The molecule has 1 heterocycles. The molecule has 1 aliphatic rings. The molecule has 4 rings (SSSR count). The van der Waals surface area contributed by atoms with Crippen molar-refractivity contribution in [3.8, 4) is 0 Å². The Morgan fingerprint density at radius 3 is 2.56 bits per heavy atom. The molecule has 3 aromatic rings. The third-order valence-corrected chi connectivity index (χ3v) is 5.75. The minimum absolute atomic E-state index is 0.953. The molecule has 3 aromatic carbocycles. The van der Waals surface area contributed by atoms with E-state index in [1.807, 2.05) is 12.1 Å². The van der Waals surface area contributed by atoms with Gasteiger partial charge in [-0.15, -0.1) is 0 Å². The Kier molecular flexibility index (Phi) is 5.58. The minimum atomic E-state index is 0.953. The summed E-state index contributed by atoms with van der Waals surface area (Å²) in [6.07, 6.45) is 0. The van der Waals surface area contributed by atoms with Crippen LogP contribution >= 0.6 is 15.9 Å². The van der Waals surface area contributed by atoms with E-state index in [4.69, 9.17) is 0 Å². The lowest BCUT2D eigenvalue weighted by molar-refractivity contribution is -0.918. The third kappa shape index (κ3) is 4.41. The SMILES string of the molecule is C=C(NN1CC[NH+](Cc2cccc3ccccc23)CC1)c1cccc(Br)c1.